The zero-order valence-corrected chi connectivity index (χ0v) is 24.5. The Morgan fingerprint density at radius 2 is 1.65 bits per heavy atom. The molecule has 4 aromatic rings. The number of benzene rings is 3. The fourth-order valence-corrected chi connectivity index (χ4v) is 5.58. The van der Waals surface area contributed by atoms with E-state index in [2.05, 4.69) is 20.9 Å². The Morgan fingerprint density at radius 3 is 2.33 bits per heavy atom. The number of halogens is 2. The number of carbonyl (C=O) groups is 3. The summed E-state index contributed by atoms with van der Waals surface area (Å²) in [5.74, 6) is -1.23. The van der Waals surface area contributed by atoms with E-state index in [1.165, 1.54) is 29.2 Å². The van der Waals surface area contributed by atoms with E-state index in [0.717, 1.165) is 10.6 Å². The van der Waals surface area contributed by atoms with Gasteiger partial charge in [-0.25, -0.2) is 4.98 Å². The number of carbonyl (C=O) groups excluding carboxylic acids is 3. The fourth-order valence-electron chi connectivity index (χ4n) is 3.46. The van der Waals surface area contributed by atoms with Gasteiger partial charge in [-0.15, -0.1) is 23.1 Å². The van der Waals surface area contributed by atoms with E-state index in [9.17, 15) is 14.4 Å². The van der Waals surface area contributed by atoms with Crippen LogP contribution in [0.4, 0.5) is 10.8 Å². The summed E-state index contributed by atoms with van der Waals surface area (Å²) in [7, 11) is 0. The van der Waals surface area contributed by atoms with Crippen LogP contribution in [0.3, 0.4) is 0 Å². The van der Waals surface area contributed by atoms with Gasteiger partial charge in [-0.2, -0.15) is 0 Å². The van der Waals surface area contributed by atoms with Crippen LogP contribution in [-0.4, -0.2) is 28.0 Å². The molecule has 1 heterocycles. The molecule has 0 aliphatic carbocycles. The van der Waals surface area contributed by atoms with E-state index in [0.29, 0.717) is 32.0 Å². The second-order valence-corrected chi connectivity index (χ2v) is 11.6. The largest absolute Gasteiger partial charge is 0.321 e. The molecular weight excluding hydrogens is 587 g/mol. The Kier molecular flexibility index (Phi) is 10.0. The molecule has 1 unspecified atom stereocenters. The minimum atomic E-state index is -0.577. The summed E-state index contributed by atoms with van der Waals surface area (Å²) >= 11 is 15.4. The maximum absolute atomic E-state index is 13.4. The van der Waals surface area contributed by atoms with Crippen LogP contribution in [0.25, 0.3) is 6.08 Å². The van der Waals surface area contributed by atoms with Crippen molar-refractivity contribution in [2.24, 2.45) is 0 Å². The summed E-state index contributed by atoms with van der Waals surface area (Å²) < 4.78 is 0. The highest BCUT2D eigenvalue weighted by Crippen LogP contribution is 2.29. The maximum atomic E-state index is 13.4. The van der Waals surface area contributed by atoms with Gasteiger partial charge in [0.1, 0.15) is 5.70 Å². The van der Waals surface area contributed by atoms with E-state index in [4.69, 9.17) is 23.2 Å². The number of nitrogens with one attached hydrogen (secondary N) is 3. The van der Waals surface area contributed by atoms with Gasteiger partial charge in [0.25, 0.3) is 11.8 Å². The van der Waals surface area contributed by atoms with Crippen molar-refractivity contribution < 1.29 is 14.4 Å². The number of thioether (sulfide) groups is 1. The number of aryl methyl sites for hydroxylation is 1. The van der Waals surface area contributed by atoms with E-state index in [1.807, 2.05) is 18.4 Å². The molecule has 0 radical (unpaired) electrons. The predicted molar refractivity (Wildman–Crippen MR) is 164 cm³/mol. The maximum Gasteiger partial charge on any atom is 0.272 e. The molecule has 7 nitrogen and oxygen atoms in total. The molecule has 0 fully saturated rings. The SMILES string of the molecule is Cc1csc(NC(=O)C(C)Sc2cccc(NC(=O)/C(=C\c3c(Cl)cccc3Cl)NC(=O)c3ccccc3)c2)n1. The molecule has 0 aliphatic rings. The zero-order valence-electron chi connectivity index (χ0n) is 21.4. The Bertz CT molecular complexity index is 1550. The fraction of sp³-hybridized carbons (Fsp3) is 0.103. The molecular formula is C29H24Cl2N4O3S2. The first-order valence-electron chi connectivity index (χ1n) is 12.0. The summed E-state index contributed by atoms with van der Waals surface area (Å²) in [6, 6.07) is 20.6. The highest BCUT2D eigenvalue weighted by Gasteiger charge is 2.19. The molecule has 0 spiro atoms. The Balaban J connectivity index is 1.52. The van der Waals surface area contributed by atoms with Gasteiger partial charge in [0, 0.05) is 37.1 Å². The van der Waals surface area contributed by atoms with Gasteiger partial charge >= 0.3 is 0 Å². The second kappa shape index (κ2) is 13.6. The van der Waals surface area contributed by atoms with Crippen LogP contribution >= 0.6 is 46.3 Å². The molecule has 11 heteroatoms. The van der Waals surface area contributed by atoms with Crippen LogP contribution in [0.1, 0.15) is 28.5 Å². The number of hydrogen-bond donors (Lipinski definition) is 3. The van der Waals surface area contributed by atoms with Crippen molar-refractivity contribution in [3.05, 3.63) is 111 Å². The lowest BCUT2D eigenvalue weighted by Crippen LogP contribution is -2.30. The van der Waals surface area contributed by atoms with Gasteiger partial charge in [-0.1, -0.05) is 53.5 Å². The molecule has 0 bridgehead atoms. The second-order valence-electron chi connectivity index (χ2n) is 8.54. The van der Waals surface area contributed by atoms with Gasteiger partial charge < -0.3 is 16.0 Å². The van der Waals surface area contributed by atoms with Crippen molar-refractivity contribution in [1.82, 2.24) is 10.3 Å². The number of anilines is 2. The minimum Gasteiger partial charge on any atom is -0.321 e. The molecule has 0 aliphatic heterocycles. The summed E-state index contributed by atoms with van der Waals surface area (Å²) in [4.78, 5) is 43.9. The number of amides is 3. The summed E-state index contributed by atoms with van der Waals surface area (Å²) in [6.45, 7) is 3.65. The van der Waals surface area contributed by atoms with Crippen LogP contribution in [-0.2, 0) is 9.59 Å². The average molecular weight is 612 g/mol. The smallest absolute Gasteiger partial charge is 0.272 e. The standard InChI is InChI=1S/C29H24Cl2N4O3S2/c1-17-16-39-29(32-17)35-26(36)18(2)40-21-11-6-10-20(14-21)33-28(38)25(15-22-23(30)12-7-13-24(22)31)34-27(37)19-8-4-3-5-9-19/h3-16,18H,1-2H3,(H,33,38)(H,34,37)(H,32,35,36)/b25-15+. The van der Waals surface area contributed by atoms with Crippen molar-refractivity contribution in [3.63, 3.8) is 0 Å². The predicted octanol–water partition coefficient (Wildman–Crippen LogP) is 7.29. The van der Waals surface area contributed by atoms with Crippen LogP contribution in [0, 0.1) is 6.92 Å². The quantitative estimate of drug-likeness (QED) is 0.136. The third kappa shape index (κ3) is 7.95. The van der Waals surface area contributed by atoms with E-state index in [-0.39, 0.29) is 11.6 Å². The first kappa shape index (κ1) is 29.4. The van der Waals surface area contributed by atoms with Crippen LogP contribution in [0.2, 0.25) is 10.0 Å². The monoisotopic (exact) mass is 610 g/mol. The lowest BCUT2D eigenvalue weighted by Gasteiger charge is -2.14. The molecule has 3 amide bonds. The minimum absolute atomic E-state index is 0.0478. The van der Waals surface area contributed by atoms with Crippen molar-refractivity contribution in [1.29, 1.82) is 0 Å². The Morgan fingerprint density at radius 1 is 0.950 bits per heavy atom. The third-order valence-electron chi connectivity index (χ3n) is 5.44. The first-order chi connectivity index (χ1) is 19.2. The summed E-state index contributed by atoms with van der Waals surface area (Å²) in [6.07, 6.45) is 1.44. The highest BCUT2D eigenvalue weighted by atomic mass is 35.5. The average Bonchev–Trinajstić information content (AvgIpc) is 3.34. The molecule has 3 N–H and O–H groups in total. The normalized spacial score (nSPS) is 11.9. The van der Waals surface area contributed by atoms with E-state index in [1.54, 1.807) is 73.7 Å². The molecule has 0 saturated carbocycles. The molecule has 3 aromatic carbocycles. The molecule has 40 heavy (non-hydrogen) atoms. The van der Waals surface area contributed by atoms with Crippen LogP contribution in [0.5, 0.6) is 0 Å². The van der Waals surface area contributed by atoms with Gasteiger partial charge in [0.2, 0.25) is 5.91 Å². The molecule has 0 saturated heterocycles. The van der Waals surface area contributed by atoms with Crippen molar-refractivity contribution in [2.45, 2.75) is 24.0 Å². The zero-order chi connectivity index (χ0) is 28.6. The topological polar surface area (TPSA) is 100 Å². The van der Waals surface area contributed by atoms with Crippen LogP contribution < -0.4 is 16.0 Å². The summed E-state index contributed by atoms with van der Waals surface area (Å²) in [5.41, 5.74) is 2.04. The van der Waals surface area contributed by atoms with E-state index < -0.39 is 17.1 Å². The number of thiazole rings is 1. The van der Waals surface area contributed by atoms with Crippen molar-refractivity contribution >= 4 is 80.9 Å². The number of rotatable bonds is 9. The molecule has 4 rings (SSSR count). The number of hydrogen-bond acceptors (Lipinski definition) is 6. The van der Waals surface area contributed by atoms with Gasteiger partial charge in [-0.05, 0) is 62.4 Å². The highest BCUT2D eigenvalue weighted by molar-refractivity contribution is 8.00. The van der Waals surface area contributed by atoms with E-state index >= 15 is 0 Å². The lowest BCUT2D eigenvalue weighted by molar-refractivity contribution is -0.115. The number of aromatic nitrogens is 1. The molecule has 1 atom stereocenters. The van der Waals surface area contributed by atoms with Gasteiger partial charge in [0.15, 0.2) is 5.13 Å². The Hall–Kier alpha value is -3.63. The Labute approximate surface area is 250 Å². The summed E-state index contributed by atoms with van der Waals surface area (Å²) in [5, 5.41) is 10.9. The third-order valence-corrected chi connectivity index (χ3v) is 8.07. The number of nitrogens with zero attached hydrogens (tertiary/aromatic N) is 1. The first-order valence-corrected chi connectivity index (χ1v) is 14.5. The molecule has 1 aromatic heterocycles. The molecule has 204 valence electrons. The van der Waals surface area contributed by atoms with Gasteiger partial charge in [0.05, 0.1) is 10.9 Å². The van der Waals surface area contributed by atoms with Crippen molar-refractivity contribution in [2.75, 3.05) is 10.6 Å². The van der Waals surface area contributed by atoms with Crippen LogP contribution in [0.15, 0.2) is 88.8 Å². The lowest BCUT2D eigenvalue weighted by atomic mass is 10.1. The van der Waals surface area contributed by atoms with Crippen molar-refractivity contribution in [3.8, 4) is 0 Å². The van der Waals surface area contributed by atoms with Gasteiger partial charge in [-0.3, -0.25) is 14.4 Å².